The minimum absolute atomic E-state index is 0.374. The van der Waals surface area contributed by atoms with Gasteiger partial charge in [-0.3, -0.25) is 4.68 Å². The van der Waals surface area contributed by atoms with Crippen molar-refractivity contribution in [3.63, 3.8) is 0 Å². The van der Waals surface area contributed by atoms with Crippen molar-refractivity contribution in [2.45, 2.75) is 18.4 Å². The maximum absolute atomic E-state index is 4.26. The first-order valence-electron chi connectivity index (χ1n) is 6.03. The van der Waals surface area contributed by atoms with Crippen molar-refractivity contribution in [1.29, 1.82) is 0 Å². The van der Waals surface area contributed by atoms with Gasteiger partial charge in [0.2, 0.25) is 0 Å². The van der Waals surface area contributed by atoms with Crippen LogP contribution in [0.2, 0.25) is 0 Å². The fraction of sp³-hybridized carbons (Fsp3) is 0.357. The lowest BCUT2D eigenvalue weighted by atomic mass is 9.72. The molecule has 3 heteroatoms. The Bertz CT molecular complexity index is 530. The van der Waals surface area contributed by atoms with Gasteiger partial charge in [-0.1, -0.05) is 24.3 Å². The van der Waals surface area contributed by atoms with E-state index in [4.69, 9.17) is 0 Å². The van der Waals surface area contributed by atoms with Crippen LogP contribution in [0.15, 0.2) is 36.7 Å². The molecule has 0 amide bonds. The molecule has 3 rings (SSSR count). The second-order valence-electron chi connectivity index (χ2n) is 4.72. The molecule has 1 N–H and O–H groups in total. The van der Waals surface area contributed by atoms with E-state index in [1.54, 1.807) is 0 Å². The van der Waals surface area contributed by atoms with Gasteiger partial charge in [0.15, 0.2) is 0 Å². The largest absolute Gasteiger partial charge is 0.312 e. The van der Waals surface area contributed by atoms with Crippen molar-refractivity contribution in [3.8, 4) is 0 Å². The number of aryl methyl sites for hydroxylation is 1. The van der Waals surface area contributed by atoms with E-state index in [0.717, 1.165) is 6.42 Å². The van der Waals surface area contributed by atoms with Crippen molar-refractivity contribution >= 4 is 0 Å². The Morgan fingerprint density at radius 1 is 1.41 bits per heavy atom. The van der Waals surface area contributed by atoms with E-state index in [2.05, 4.69) is 40.9 Å². The predicted molar refractivity (Wildman–Crippen MR) is 67.9 cm³/mol. The molecule has 1 heterocycles. The average molecular weight is 227 g/mol. The zero-order chi connectivity index (χ0) is 11.8. The summed E-state index contributed by atoms with van der Waals surface area (Å²) in [6.45, 7) is 0. The van der Waals surface area contributed by atoms with Crippen LogP contribution in [0.5, 0.6) is 0 Å². The fourth-order valence-corrected chi connectivity index (χ4v) is 2.80. The van der Waals surface area contributed by atoms with Gasteiger partial charge in [0, 0.05) is 30.8 Å². The average Bonchev–Trinajstić information content (AvgIpc) is 2.72. The molecule has 17 heavy (non-hydrogen) atoms. The third-order valence-electron chi connectivity index (χ3n) is 3.69. The van der Waals surface area contributed by atoms with Gasteiger partial charge in [-0.25, -0.2) is 0 Å². The van der Waals surface area contributed by atoms with E-state index >= 15 is 0 Å². The Hall–Kier alpha value is -1.61. The molecule has 0 aliphatic heterocycles. The standard InChI is InChI=1S/C14H17N3/c1-15-14(11-8-16-17(2)9-11)13-7-10-5-3-4-6-12(10)13/h3-6,8-9,13-15H,7H2,1-2H3. The number of nitrogens with one attached hydrogen (secondary N) is 1. The quantitative estimate of drug-likeness (QED) is 0.869. The molecule has 0 radical (unpaired) electrons. The Labute approximate surface area is 101 Å². The zero-order valence-electron chi connectivity index (χ0n) is 10.2. The van der Waals surface area contributed by atoms with Gasteiger partial charge in [-0.2, -0.15) is 5.10 Å². The molecule has 1 aliphatic rings. The Kier molecular flexibility index (Phi) is 2.48. The van der Waals surface area contributed by atoms with E-state index in [9.17, 15) is 0 Å². The molecule has 3 nitrogen and oxygen atoms in total. The zero-order valence-corrected chi connectivity index (χ0v) is 10.2. The minimum Gasteiger partial charge on any atom is -0.312 e. The maximum Gasteiger partial charge on any atom is 0.0537 e. The first-order valence-corrected chi connectivity index (χ1v) is 6.03. The lowest BCUT2D eigenvalue weighted by Crippen LogP contribution is -2.31. The predicted octanol–water partition coefficient (Wildman–Crippen LogP) is 2.02. The molecule has 0 spiro atoms. The van der Waals surface area contributed by atoms with Crippen LogP contribution < -0.4 is 5.32 Å². The molecular formula is C14H17N3. The van der Waals surface area contributed by atoms with Crippen molar-refractivity contribution in [2.24, 2.45) is 7.05 Å². The molecule has 1 aromatic heterocycles. The summed E-state index contributed by atoms with van der Waals surface area (Å²) in [7, 11) is 3.99. The van der Waals surface area contributed by atoms with Gasteiger partial charge >= 0.3 is 0 Å². The minimum atomic E-state index is 0.374. The second-order valence-corrected chi connectivity index (χ2v) is 4.72. The first-order chi connectivity index (χ1) is 8.29. The first kappa shape index (κ1) is 10.5. The van der Waals surface area contributed by atoms with Crippen LogP contribution in [0.1, 0.15) is 28.7 Å². The lowest BCUT2D eigenvalue weighted by molar-refractivity contribution is 0.438. The van der Waals surface area contributed by atoms with Gasteiger partial charge in [-0.15, -0.1) is 0 Å². The van der Waals surface area contributed by atoms with Crippen LogP contribution in [-0.2, 0) is 13.5 Å². The van der Waals surface area contributed by atoms with Crippen LogP contribution in [0.4, 0.5) is 0 Å². The van der Waals surface area contributed by atoms with E-state index < -0.39 is 0 Å². The van der Waals surface area contributed by atoms with Crippen molar-refractivity contribution in [3.05, 3.63) is 53.3 Å². The number of rotatable bonds is 3. The number of fused-ring (bicyclic) bond motifs is 1. The summed E-state index contributed by atoms with van der Waals surface area (Å²) >= 11 is 0. The Balaban J connectivity index is 1.90. The fourth-order valence-electron chi connectivity index (χ4n) is 2.80. The summed E-state index contributed by atoms with van der Waals surface area (Å²) in [5, 5.41) is 7.68. The molecule has 2 aromatic rings. The Morgan fingerprint density at radius 3 is 2.88 bits per heavy atom. The molecule has 0 bridgehead atoms. The van der Waals surface area contributed by atoms with Crippen molar-refractivity contribution in [2.75, 3.05) is 7.05 Å². The van der Waals surface area contributed by atoms with Gasteiger partial charge in [0.05, 0.1) is 6.20 Å². The molecule has 2 unspecified atom stereocenters. The van der Waals surface area contributed by atoms with Crippen molar-refractivity contribution in [1.82, 2.24) is 15.1 Å². The molecule has 1 aliphatic carbocycles. The van der Waals surface area contributed by atoms with Crippen LogP contribution >= 0.6 is 0 Å². The van der Waals surface area contributed by atoms with Gasteiger partial charge in [-0.05, 0) is 24.6 Å². The van der Waals surface area contributed by atoms with Gasteiger partial charge in [0.25, 0.3) is 0 Å². The van der Waals surface area contributed by atoms with Gasteiger partial charge < -0.3 is 5.32 Å². The molecule has 0 saturated heterocycles. The Morgan fingerprint density at radius 2 is 2.24 bits per heavy atom. The summed E-state index contributed by atoms with van der Waals surface area (Å²) in [5.74, 6) is 0.584. The SMILES string of the molecule is CNC(c1cnn(C)c1)C1Cc2ccccc21. The number of benzene rings is 1. The highest BCUT2D eigenvalue weighted by atomic mass is 15.2. The molecule has 0 saturated carbocycles. The highest BCUT2D eigenvalue weighted by Gasteiger charge is 2.33. The van der Waals surface area contributed by atoms with E-state index in [-0.39, 0.29) is 0 Å². The van der Waals surface area contributed by atoms with Crippen LogP contribution in [0.3, 0.4) is 0 Å². The van der Waals surface area contributed by atoms with Crippen LogP contribution in [-0.4, -0.2) is 16.8 Å². The summed E-state index contributed by atoms with van der Waals surface area (Å²) in [6.07, 6.45) is 5.22. The van der Waals surface area contributed by atoms with Crippen molar-refractivity contribution < 1.29 is 0 Å². The van der Waals surface area contributed by atoms with E-state index in [1.807, 2.05) is 25.0 Å². The smallest absolute Gasteiger partial charge is 0.0537 e. The molecular weight excluding hydrogens is 210 g/mol. The normalized spacial score (nSPS) is 19.5. The highest BCUT2D eigenvalue weighted by Crippen LogP contribution is 2.43. The monoisotopic (exact) mass is 227 g/mol. The molecule has 2 atom stereocenters. The number of aromatic nitrogens is 2. The molecule has 88 valence electrons. The number of likely N-dealkylation sites (N-methyl/N-ethyl adjacent to an activating group) is 1. The topological polar surface area (TPSA) is 29.9 Å². The molecule has 0 fully saturated rings. The highest BCUT2D eigenvalue weighted by molar-refractivity contribution is 5.42. The summed E-state index contributed by atoms with van der Waals surface area (Å²) in [5.41, 5.74) is 4.24. The summed E-state index contributed by atoms with van der Waals surface area (Å²) in [6, 6.07) is 9.08. The molecule has 1 aromatic carbocycles. The summed E-state index contributed by atoms with van der Waals surface area (Å²) in [4.78, 5) is 0. The van der Waals surface area contributed by atoms with Crippen LogP contribution in [0, 0.1) is 0 Å². The van der Waals surface area contributed by atoms with E-state index in [1.165, 1.54) is 16.7 Å². The third-order valence-corrected chi connectivity index (χ3v) is 3.69. The van der Waals surface area contributed by atoms with E-state index in [0.29, 0.717) is 12.0 Å². The number of nitrogens with zero attached hydrogens (tertiary/aromatic N) is 2. The number of hydrogen-bond donors (Lipinski definition) is 1. The number of hydrogen-bond acceptors (Lipinski definition) is 2. The maximum atomic E-state index is 4.26. The third kappa shape index (κ3) is 1.67. The van der Waals surface area contributed by atoms with Gasteiger partial charge in [0.1, 0.15) is 0 Å². The second kappa shape index (κ2) is 4.00. The summed E-state index contributed by atoms with van der Waals surface area (Å²) < 4.78 is 1.87. The van der Waals surface area contributed by atoms with Crippen LogP contribution in [0.25, 0.3) is 0 Å². The lowest BCUT2D eigenvalue weighted by Gasteiger charge is -2.36.